The Morgan fingerprint density at radius 2 is 2.12 bits per heavy atom. The standard InChI is InChI=1S/C13H16N2S/c1-9-5-4-6-12(10(9)2)15-11(3)13-7-16-8-14-13/h4-8,11,15H,1-3H3. The average molecular weight is 232 g/mol. The molecule has 1 unspecified atom stereocenters. The molecule has 2 aromatic rings. The second kappa shape index (κ2) is 4.66. The Hall–Kier alpha value is -1.35. The van der Waals surface area contributed by atoms with Crippen LogP contribution in [0.15, 0.2) is 29.1 Å². The Balaban J connectivity index is 2.18. The van der Waals surface area contributed by atoms with Gasteiger partial charge in [0.2, 0.25) is 0 Å². The fraction of sp³-hybridized carbons (Fsp3) is 0.308. The van der Waals surface area contributed by atoms with Crippen molar-refractivity contribution in [1.82, 2.24) is 4.98 Å². The van der Waals surface area contributed by atoms with Gasteiger partial charge < -0.3 is 5.32 Å². The lowest BCUT2D eigenvalue weighted by Crippen LogP contribution is -2.08. The van der Waals surface area contributed by atoms with Crippen LogP contribution in [0.25, 0.3) is 0 Å². The Morgan fingerprint density at radius 3 is 2.81 bits per heavy atom. The van der Waals surface area contributed by atoms with Gasteiger partial charge >= 0.3 is 0 Å². The van der Waals surface area contributed by atoms with Crippen molar-refractivity contribution in [3.63, 3.8) is 0 Å². The van der Waals surface area contributed by atoms with E-state index in [4.69, 9.17) is 0 Å². The SMILES string of the molecule is Cc1cccc(NC(C)c2cscn2)c1C. The van der Waals surface area contributed by atoms with Crippen LogP contribution in [0.3, 0.4) is 0 Å². The minimum Gasteiger partial charge on any atom is -0.377 e. The molecule has 0 aliphatic rings. The number of aromatic nitrogens is 1. The second-order valence-electron chi connectivity index (χ2n) is 4.03. The molecule has 0 amide bonds. The number of nitrogens with zero attached hydrogens (tertiary/aromatic N) is 1. The van der Waals surface area contributed by atoms with E-state index in [1.165, 1.54) is 16.8 Å². The van der Waals surface area contributed by atoms with E-state index >= 15 is 0 Å². The number of nitrogens with one attached hydrogen (secondary N) is 1. The van der Waals surface area contributed by atoms with Gasteiger partial charge in [0.25, 0.3) is 0 Å². The number of rotatable bonds is 3. The number of benzene rings is 1. The third kappa shape index (κ3) is 2.25. The summed E-state index contributed by atoms with van der Waals surface area (Å²) in [6.07, 6.45) is 0. The quantitative estimate of drug-likeness (QED) is 0.867. The average Bonchev–Trinajstić information content (AvgIpc) is 2.78. The Morgan fingerprint density at radius 1 is 1.31 bits per heavy atom. The molecule has 1 heterocycles. The predicted molar refractivity (Wildman–Crippen MR) is 70.1 cm³/mol. The lowest BCUT2D eigenvalue weighted by molar-refractivity contribution is 0.848. The van der Waals surface area contributed by atoms with E-state index in [2.05, 4.69) is 54.7 Å². The summed E-state index contributed by atoms with van der Waals surface area (Å²) in [6.45, 7) is 6.41. The van der Waals surface area contributed by atoms with E-state index < -0.39 is 0 Å². The van der Waals surface area contributed by atoms with Crippen LogP contribution in [-0.2, 0) is 0 Å². The van der Waals surface area contributed by atoms with Crippen molar-refractivity contribution >= 4 is 17.0 Å². The maximum Gasteiger partial charge on any atom is 0.0795 e. The summed E-state index contributed by atoms with van der Waals surface area (Å²) in [5.41, 5.74) is 6.79. The highest BCUT2D eigenvalue weighted by Crippen LogP contribution is 2.23. The molecule has 1 aromatic heterocycles. The van der Waals surface area contributed by atoms with E-state index in [9.17, 15) is 0 Å². The van der Waals surface area contributed by atoms with Crippen LogP contribution >= 0.6 is 11.3 Å². The van der Waals surface area contributed by atoms with Gasteiger partial charge in [0.05, 0.1) is 17.2 Å². The maximum atomic E-state index is 4.32. The molecule has 1 aromatic carbocycles. The lowest BCUT2D eigenvalue weighted by atomic mass is 10.1. The monoisotopic (exact) mass is 232 g/mol. The van der Waals surface area contributed by atoms with Crippen molar-refractivity contribution in [3.8, 4) is 0 Å². The van der Waals surface area contributed by atoms with Crippen LogP contribution in [0, 0.1) is 13.8 Å². The molecule has 0 bridgehead atoms. The predicted octanol–water partition coefficient (Wildman–Crippen LogP) is 3.93. The minimum absolute atomic E-state index is 0.256. The Kier molecular flexibility index (Phi) is 3.25. The molecule has 0 saturated carbocycles. The molecule has 1 atom stereocenters. The molecule has 0 spiro atoms. The van der Waals surface area contributed by atoms with E-state index in [1.54, 1.807) is 11.3 Å². The second-order valence-corrected chi connectivity index (χ2v) is 4.75. The highest BCUT2D eigenvalue weighted by atomic mass is 32.1. The molecule has 2 nitrogen and oxygen atoms in total. The van der Waals surface area contributed by atoms with Crippen molar-refractivity contribution in [3.05, 3.63) is 45.9 Å². The summed E-state index contributed by atoms with van der Waals surface area (Å²) < 4.78 is 0. The first kappa shape index (κ1) is 11.1. The first-order chi connectivity index (χ1) is 7.68. The van der Waals surface area contributed by atoms with E-state index in [0.29, 0.717) is 0 Å². The van der Waals surface area contributed by atoms with Crippen LogP contribution in [-0.4, -0.2) is 4.98 Å². The number of hydrogen-bond donors (Lipinski definition) is 1. The number of aryl methyl sites for hydroxylation is 1. The van der Waals surface area contributed by atoms with Gasteiger partial charge in [-0.1, -0.05) is 12.1 Å². The molecule has 2 rings (SSSR count). The highest BCUT2D eigenvalue weighted by molar-refractivity contribution is 7.07. The third-order valence-corrected chi connectivity index (χ3v) is 3.48. The molecule has 0 aliphatic carbocycles. The van der Waals surface area contributed by atoms with Gasteiger partial charge in [-0.3, -0.25) is 0 Å². The normalized spacial score (nSPS) is 12.4. The smallest absolute Gasteiger partial charge is 0.0795 e. The van der Waals surface area contributed by atoms with E-state index in [0.717, 1.165) is 5.69 Å². The van der Waals surface area contributed by atoms with Gasteiger partial charge in [-0.05, 0) is 38.0 Å². The lowest BCUT2D eigenvalue weighted by Gasteiger charge is -2.16. The van der Waals surface area contributed by atoms with Crippen molar-refractivity contribution in [1.29, 1.82) is 0 Å². The van der Waals surface area contributed by atoms with E-state index in [1.807, 2.05) is 5.51 Å². The molecule has 84 valence electrons. The van der Waals surface area contributed by atoms with Crippen LogP contribution in [0.4, 0.5) is 5.69 Å². The van der Waals surface area contributed by atoms with Gasteiger partial charge in [-0.25, -0.2) is 4.98 Å². The molecular weight excluding hydrogens is 216 g/mol. The number of thiazole rings is 1. The molecule has 1 N–H and O–H groups in total. The highest BCUT2D eigenvalue weighted by Gasteiger charge is 2.08. The Bertz CT molecular complexity index is 463. The first-order valence-electron chi connectivity index (χ1n) is 5.39. The van der Waals surface area contributed by atoms with E-state index in [-0.39, 0.29) is 6.04 Å². The van der Waals surface area contributed by atoms with Crippen LogP contribution < -0.4 is 5.32 Å². The summed E-state index contributed by atoms with van der Waals surface area (Å²) in [5.74, 6) is 0. The zero-order valence-corrected chi connectivity index (χ0v) is 10.6. The van der Waals surface area contributed by atoms with Gasteiger partial charge in [-0.2, -0.15) is 0 Å². The summed E-state index contributed by atoms with van der Waals surface area (Å²) >= 11 is 1.63. The van der Waals surface area contributed by atoms with Crippen molar-refractivity contribution in [2.45, 2.75) is 26.8 Å². The summed E-state index contributed by atoms with van der Waals surface area (Å²) in [4.78, 5) is 4.32. The van der Waals surface area contributed by atoms with Gasteiger partial charge in [-0.15, -0.1) is 11.3 Å². The van der Waals surface area contributed by atoms with Crippen LogP contribution in [0.2, 0.25) is 0 Å². The fourth-order valence-corrected chi connectivity index (χ4v) is 2.30. The molecule has 0 radical (unpaired) electrons. The Labute approximate surface area is 100 Å². The molecule has 0 aliphatic heterocycles. The van der Waals surface area contributed by atoms with Crippen LogP contribution in [0.5, 0.6) is 0 Å². The number of anilines is 1. The molecular formula is C13H16N2S. The first-order valence-corrected chi connectivity index (χ1v) is 6.33. The van der Waals surface area contributed by atoms with Crippen LogP contribution in [0.1, 0.15) is 29.8 Å². The third-order valence-electron chi connectivity index (χ3n) is 2.87. The minimum atomic E-state index is 0.256. The van der Waals surface area contributed by atoms with Crippen molar-refractivity contribution < 1.29 is 0 Å². The van der Waals surface area contributed by atoms with Crippen molar-refractivity contribution in [2.24, 2.45) is 0 Å². The summed E-state index contributed by atoms with van der Waals surface area (Å²) in [5, 5.41) is 5.58. The largest absolute Gasteiger partial charge is 0.377 e. The van der Waals surface area contributed by atoms with Gasteiger partial charge in [0, 0.05) is 11.1 Å². The molecule has 3 heteroatoms. The molecule has 0 fully saturated rings. The summed E-state index contributed by atoms with van der Waals surface area (Å²) in [6, 6.07) is 6.59. The zero-order valence-electron chi connectivity index (χ0n) is 9.82. The zero-order chi connectivity index (χ0) is 11.5. The maximum absolute atomic E-state index is 4.32. The molecule has 0 saturated heterocycles. The van der Waals surface area contributed by atoms with Gasteiger partial charge in [0.15, 0.2) is 0 Å². The number of hydrogen-bond acceptors (Lipinski definition) is 3. The van der Waals surface area contributed by atoms with Crippen molar-refractivity contribution in [2.75, 3.05) is 5.32 Å². The molecule has 16 heavy (non-hydrogen) atoms. The topological polar surface area (TPSA) is 24.9 Å². The fourth-order valence-electron chi connectivity index (χ4n) is 1.65. The van der Waals surface area contributed by atoms with Gasteiger partial charge in [0.1, 0.15) is 0 Å². The summed E-state index contributed by atoms with van der Waals surface area (Å²) in [7, 11) is 0.